The Bertz CT molecular complexity index is 604. The van der Waals surface area contributed by atoms with Crippen molar-refractivity contribution in [3.63, 3.8) is 0 Å². The molecule has 0 radical (unpaired) electrons. The van der Waals surface area contributed by atoms with E-state index in [9.17, 15) is 5.11 Å². The van der Waals surface area contributed by atoms with Crippen molar-refractivity contribution >= 4 is 34.6 Å². The number of nitrogens with two attached hydrogens (primary N) is 1. The van der Waals surface area contributed by atoms with Crippen LogP contribution in [-0.4, -0.2) is 11.7 Å². The second-order valence-corrected chi connectivity index (χ2v) is 5.65. The van der Waals surface area contributed by atoms with Gasteiger partial charge in [-0.15, -0.1) is 0 Å². The highest BCUT2D eigenvalue weighted by atomic mass is 35.5. The van der Waals surface area contributed by atoms with Gasteiger partial charge in [0.2, 0.25) is 0 Å². The first-order valence-corrected chi connectivity index (χ1v) is 6.91. The Hall–Kier alpha value is -1.42. The second kappa shape index (κ2) is 5.92. The summed E-state index contributed by atoms with van der Waals surface area (Å²) in [5.74, 6) is 0. The molecule has 106 valence electrons. The van der Waals surface area contributed by atoms with Gasteiger partial charge in [0, 0.05) is 0 Å². The number of hydrogen-bond acceptors (Lipinski definition) is 3. The number of benzene rings is 2. The lowest BCUT2D eigenvalue weighted by Gasteiger charge is -2.31. The van der Waals surface area contributed by atoms with E-state index in [0.29, 0.717) is 21.4 Å². The van der Waals surface area contributed by atoms with Crippen LogP contribution >= 0.6 is 23.2 Å². The molecule has 0 amide bonds. The van der Waals surface area contributed by atoms with Gasteiger partial charge in [-0.3, -0.25) is 0 Å². The summed E-state index contributed by atoms with van der Waals surface area (Å²) < 4.78 is 0. The van der Waals surface area contributed by atoms with Crippen LogP contribution in [0.2, 0.25) is 10.0 Å². The summed E-state index contributed by atoms with van der Waals surface area (Å²) in [4.78, 5) is 0. The Labute approximate surface area is 128 Å². The number of hydrogen-bond donors (Lipinski definition) is 3. The van der Waals surface area contributed by atoms with Gasteiger partial charge in [0.15, 0.2) is 0 Å². The molecule has 1 unspecified atom stereocenters. The maximum absolute atomic E-state index is 9.75. The predicted octanol–water partition coefficient (Wildman–Crippen LogP) is 3.90. The molecular weight excluding hydrogens is 295 g/mol. The molecule has 4 N–H and O–H groups in total. The standard InChI is InChI=1S/C15H16Cl2N2O/c1-15(9-20,10-5-3-2-4-6-10)19-14-8-12(17)11(16)7-13(14)18/h2-8,19-20H,9,18H2,1H3. The fourth-order valence-corrected chi connectivity index (χ4v) is 2.31. The van der Waals surface area contributed by atoms with Crippen LogP contribution in [0.3, 0.4) is 0 Å². The first kappa shape index (κ1) is 15.0. The van der Waals surface area contributed by atoms with Gasteiger partial charge in [-0.05, 0) is 24.6 Å². The van der Waals surface area contributed by atoms with Gasteiger partial charge >= 0.3 is 0 Å². The van der Waals surface area contributed by atoms with Crippen LogP contribution in [0.1, 0.15) is 12.5 Å². The van der Waals surface area contributed by atoms with Crippen LogP contribution in [-0.2, 0) is 5.54 Å². The van der Waals surface area contributed by atoms with Crippen LogP contribution in [0.4, 0.5) is 11.4 Å². The van der Waals surface area contributed by atoms with E-state index in [1.807, 2.05) is 37.3 Å². The largest absolute Gasteiger partial charge is 0.397 e. The van der Waals surface area contributed by atoms with E-state index in [1.54, 1.807) is 12.1 Å². The Kier molecular flexibility index (Phi) is 4.43. The number of rotatable bonds is 4. The van der Waals surface area contributed by atoms with Gasteiger partial charge in [0.05, 0.1) is 33.6 Å². The first-order chi connectivity index (χ1) is 9.46. The number of nitrogen functional groups attached to an aromatic ring is 1. The van der Waals surface area contributed by atoms with Gasteiger partial charge in [-0.2, -0.15) is 0 Å². The van der Waals surface area contributed by atoms with Crippen LogP contribution in [0.5, 0.6) is 0 Å². The quantitative estimate of drug-likeness (QED) is 0.751. The molecule has 2 rings (SSSR count). The average molecular weight is 311 g/mol. The van der Waals surface area contributed by atoms with Gasteiger partial charge in [-0.1, -0.05) is 53.5 Å². The summed E-state index contributed by atoms with van der Waals surface area (Å²) in [7, 11) is 0. The zero-order valence-electron chi connectivity index (χ0n) is 11.0. The number of halogens is 2. The van der Waals surface area contributed by atoms with Crippen LogP contribution < -0.4 is 11.1 Å². The molecule has 0 saturated carbocycles. The van der Waals surface area contributed by atoms with Gasteiger partial charge < -0.3 is 16.2 Å². The monoisotopic (exact) mass is 310 g/mol. The van der Waals surface area contributed by atoms with Crippen molar-refractivity contribution < 1.29 is 5.11 Å². The smallest absolute Gasteiger partial charge is 0.0829 e. The fraction of sp³-hybridized carbons (Fsp3) is 0.200. The second-order valence-electron chi connectivity index (χ2n) is 4.83. The van der Waals surface area contributed by atoms with Crippen molar-refractivity contribution in [1.29, 1.82) is 0 Å². The molecule has 2 aromatic rings. The van der Waals surface area contributed by atoms with Crippen molar-refractivity contribution in [3.05, 3.63) is 58.1 Å². The third kappa shape index (κ3) is 3.01. The molecule has 20 heavy (non-hydrogen) atoms. The Balaban J connectivity index is 2.38. The van der Waals surface area contributed by atoms with E-state index in [4.69, 9.17) is 28.9 Å². The van der Waals surface area contributed by atoms with Crippen LogP contribution in [0.25, 0.3) is 0 Å². The van der Waals surface area contributed by atoms with Crippen molar-refractivity contribution in [3.8, 4) is 0 Å². The van der Waals surface area contributed by atoms with Crippen LogP contribution in [0.15, 0.2) is 42.5 Å². The Morgan fingerprint density at radius 3 is 2.35 bits per heavy atom. The van der Waals surface area contributed by atoms with E-state index in [-0.39, 0.29) is 6.61 Å². The van der Waals surface area contributed by atoms with Crippen LogP contribution in [0, 0.1) is 0 Å². The zero-order chi connectivity index (χ0) is 14.8. The molecule has 0 aromatic heterocycles. The molecule has 3 nitrogen and oxygen atoms in total. The molecule has 0 fully saturated rings. The van der Waals surface area contributed by atoms with Crippen molar-refractivity contribution in [2.24, 2.45) is 0 Å². The summed E-state index contributed by atoms with van der Waals surface area (Å²) in [5.41, 5.74) is 7.35. The fourth-order valence-electron chi connectivity index (χ4n) is 1.98. The minimum absolute atomic E-state index is 0.0866. The molecule has 0 bridgehead atoms. The molecule has 0 aliphatic carbocycles. The minimum atomic E-state index is -0.660. The highest BCUT2D eigenvalue weighted by molar-refractivity contribution is 6.42. The maximum Gasteiger partial charge on any atom is 0.0829 e. The number of nitrogens with one attached hydrogen (secondary N) is 1. The van der Waals surface area contributed by atoms with E-state index in [0.717, 1.165) is 5.56 Å². The molecule has 0 saturated heterocycles. The number of anilines is 2. The van der Waals surface area contributed by atoms with Crippen molar-refractivity contribution in [1.82, 2.24) is 0 Å². The molecule has 2 aromatic carbocycles. The molecule has 0 heterocycles. The summed E-state index contributed by atoms with van der Waals surface area (Å²) in [5, 5.41) is 13.8. The topological polar surface area (TPSA) is 58.3 Å². The summed E-state index contributed by atoms with van der Waals surface area (Å²) in [6.07, 6.45) is 0. The Morgan fingerprint density at radius 2 is 1.75 bits per heavy atom. The van der Waals surface area contributed by atoms with E-state index in [2.05, 4.69) is 5.32 Å². The number of aliphatic hydroxyl groups excluding tert-OH is 1. The van der Waals surface area contributed by atoms with Gasteiger partial charge in [0.25, 0.3) is 0 Å². The molecule has 0 aliphatic heterocycles. The lowest BCUT2D eigenvalue weighted by Crippen LogP contribution is -2.36. The lowest BCUT2D eigenvalue weighted by atomic mass is 9.92. The zero-order valence-corrected chi connectivity index (χ0v) is 12.5. The lowest BCUT2D eigenvalue weighted by molar-refractivity contribution is 0.224. The summed E-state index contributed by atoms with van der Waals surface area (Å²) >= 11 is 11.9. The summed E-state index contributed by atoms with van der Waals surface area (Å²) in [6.45, 7) is 1.81. The first-order valence-electron chi connectivity index (χ1n) is 6.15. The molecular formula is C15H16Cl2N2O. The van der Waals surface area contributed by atoms with Gasteiger partial charge in [-0.25, -0.2) is 0 Å². The Morgan fingerprint density at radius 1 is 1.15 bits per heavy atom. The predicted molar refractivity (Wildman–Crippen MR) is 85.4 cm³/mol. The molecule has 0 spiro atoms. The van der Waals surface area contributed by atoms with E-state index in [1.165, 1.54) is 0 Å². The minimum Gasteiger partial charge on any atom is -0.397 e. The normalized spacial score (nSPS) is 13.8. The SMILES string of the molecule is CC(CO)(Nc1cc(Cl)c(Cl)cc1N)c1ccccc1. The highest BCUT2D eigenvalue weighted by Gasteiger charge is 2.26. The summed E-state index contributed by atoms with van der Waals surface area (Å²) in [6, 6.07) is 12.9. The van der Waals surface area contributed by atoms with Crippen molar-refractivity contribution in [2.45, 2.75) is 12.5 Å². The highest BCUT2D eigenvalue weighted by Crippen LogP contribution is 2.34. The van der Waals surface area contributed by atoms with Crippen molar-refractivity contribution in [2.75, 3.05) is 17.7 Å². The molecule has 0 aliphatic rings. The van der Waals surface area contributed by atoms with E-state index < -0.39 is 5.54 Å². The average Bonchev–Trinajstić information content (AvgIpc) is 2.45. The molecule has 1 atom stereocenters. The number of aliphatic hydroxyl groups is 1. The third-order valence-corrected chi connectivity index (χ3v) is 3.95. The van der Waals surface area contributed by atoms with E-state index >= 15 is 0 Å². The third-order valence-electron chi connectivity index (χ3n) is 3.23. The maximum atomic E-state index is 9.75. The van der Waals surface area contributed by atoms with Gasteiger partial charge in [0.1, 0.15) is 0 Å². The molecule has 5 heteroatoms.